The number of hydrogen-bond acceptors (Lipinski definition) is 4. The zero-order valence-electron chi connectivity index (χ0n) is 15.3. The Morgan fingerprint density at radius 2 is 1.92 bits per heavy atom. The van der Waals surface area contributed by atoms with Crippen LogP contribution in [0, 0.1) is 0 Å². The molecule has 1 aromatic rings. The minimum atomic E-state index is -0.115. The molecule has 0 radical (unpaired) electrons. The molecule has 6 heteroatoms. The van der Waals surface area contributed by atoms with Crippen molar-refractivity contribution in [1.29, 1.82) is 0 Å². The Hall–Kier alpha value is -2.08. The molecule has 0 spiro atoms. The van der Waals surface area contributed by atoms with Crippen LogP contribution < -0.4 is 16.0 Å². The molecule has 1 unspecified atom stereocenters. The average molecular weight is 359 g/mol. The average Bonchev–Trinajstić information content (AvgIpc) is 3.19. The maximum atomic E-state index is 12.3. The monoisotopic (exact) mass is 359 g/mol. The molecule has 1 atom stereocenters. The van der Waals surface area contributed by atoms with Gasteiger partial charge >= 0.3 is 0 Å². The third-order valence-corrected chi connectivity index (χ3v) is 5.06. The second kappa shape index (κ2) is 9.57. The van der Waals surface area contributed by atoms with Crippen molar-refractivity contribution in [3.63, 3.8) is 0 Å². The van der Waals surface area contributed by atoms with E-state index in [1.54, 1.807) is 12.1 Å². The van der Waals surface area contributed by atoms with E-state index in [0.29, 0.717) is 18.2 Å². The summed E-state index contributed by atoms with van der Waals surface area (Å²) in [5.41, 5.74) is 1.36. The quantitative estimate of drug-likeness (QED) is 0.699. The van der Waals surface area contributed by atoms with Crippen molar-refractivity contribution in [1.82, 2.24) is 10.6 Å². The highest BCUT2D eigenvalue weighted by molar-refractivity contribution is 5.95. The second-order valence-corrected chi connectivity index (χ2v) is 7.18. The molecule has 142 valence electrons. The molecule has 1 saturated carbocycles. The molecular weight excluding hydrogens is 330 g/mol. The van der Waals surface area contributed by atoms with Crippen LogP contribution in [0.15, 0.2) is 24.3 Å². The van der Waals surface area contributed by atoms with E-state index in [-0.39, 0.29) is 24.5 Å². The van der Waals surface area contributed by atoms with Crippen molar-refractivity contribution < 1.29 is 14.3 Å². The molecule has 2 fully saturated rings. The predicted molar refractivity (Wildman–Crippen MR) is 101 cm³/mol. The maximum Gasteiger partial charge on any atom is 0.251 e. The Kier molecular flexibility index (Phi) is 6.89. The fraction of sp³-hybridized carbons (Fsp3) is 0.600. The highest BCUT2D eigenvalue weighted by atomic mass is 16.5. The minimum Gasteiger partial charge on any atom is -0.376 e. The zero-order valence-corrected chi connectivity index (χ0v) is 15.3. The van der Waals surface area contributed by atoms with Crippen molar-refractivity contribution in [3.05, 3.63) is 29.8 Å². The topological polar surface area (TPSA) is 79.5 Å². The van der Waals surface area contributed by atoms with Crippen LogP contribution in [0.2, 0.25) is 0 Å². The van der Waals surface area contributed by atoms with Gasteiger partial charge in [-0.25, -0.2) is 0 Å². The van der Waals surface area contributed by atoms with Crippen molar-refractivity contribution in [2.24, 2.45) is 0 Å². The van der Waals surface area contributed by atoms with E-state index in [9.17, 15) is 9.59 Å². The lowest BCUT2D eigenvalue weighted by Crippen LogP contribution is -2.39. The van der Waals surface area contributed by atoms with Crippen molar-refractivity contribution in [3.8, 4) is 0 Å². The number of nitrogens with one attached hydrogen (secondary N) is 3. The first-order valence-corrected chi connectivity index (χ1v) is 9.74. The van der Waals surface area contributed by atoms with Crippen LogP contribution >= 0.6 is 0 Å². The molecule has 1 aromatic carbocycles. The summed E-state index contributed by atoms with van der Waals surface area (Å²) in [6.07, 6.45) is 8.00. The van der Waals surface area contributed by atoms with Crippen LogP contribution in [0.4, 0.5) is 5.69 Å². The van der Waals surface area contributed by atoms with Crippen LogP contribution in [0.5, 0.6) is 0 Å². The number of rotatable bonds is 7. The van der Waals surface area contributed by atoms with Gasteiger partial charge in [0, 0.05) is 30.4 Å². The first kappa shape index (κ1) is 18.7. The summed E-state index contributed by atoms with van der Waals surface area (Å²) in [7, 11) is 0. The summed E-state index contributed by atoms with van der Waals surface area (Å²) in [6.45, 7) is 1.54. The van der Waals surface area contributed by atoms with Gasteiger partial charge in [-0.1, -0.05) is 25.3 Å². The second-order valence-electron chi connectivity index (χ2n) is 7.18. The third-order valence-electron chi connectivity index (χ3n) is 5.06. The van der Waals surface area contributed by atoms with Crippen molar-refractivity contribution in [2.75, 3.05) is 25.0 Å². The van der Waals surface area contributed by atoms with E-state index in [4.69, 9.17) is 4.74 Å². The molecule has 3 rings (SSSR count). The van der Waals surface area contributed by atoms with Crippen LogP contribution in [0.25, 0.3) is 0 Å². The Labute approximate surface area is 155 Å². The first-order valence-electron chi connectivity index (χ1n) is 9.74. The molecule has 1 aliphatic carbocycles. The standard InChI is InChI=1S/C20H29N3O3/c24-19(23-16-7-2-1-3-8-16)14-21-17-9-4-6-15(12-17)20(25)22-13-18-10-5-11-26-18/h4,6,9,12,16,18,21H,1-3,5,7-8,10-11,13-14H2,(H,22,25)(H,23,24). The minimum absolute atomic E-state index is 0.00476. The lowest BCUT2D eigenvalue weighted by Gasteiger charge is -2.22. The molecule has 6 nitrogen and oxygen atoms in total. The number of carbonyl (C=O) groups is 2. The van der Waals surface area contributed by atoms with E-state index in [0.717, 1.165) is 38.0 Å². The fourth-order valence-corrected chi connectivity index (χ4v) is 3.59. The molecular formula is C20H29N3O3. The van der Waals surface area contributed by atoms with Crippen molar-refractivity contribution >= 4 is 17.5 Å². The number of ether oxygens (including phenoxy) is 1. The van der Waals surface area contributed by atoms with Gasteiger partial charge in [-0.2, -0.15) is 0 Å². The van der Waals surface area contributed by atoms with Crippen LogP contribution in [-0.4, -0.2) is 43.7 Å². The molecule has 1 heterocycles. The molecule has 26 heavy (non-hydrogen) atoms. The number of amides is 2. The number of carbonyl (C=O) groups excluding carboxylic acids is 2. The molecule has 1 saturated heterocycles. The first-order chi connectivity index (χ1) is 12.7. The van der Waals surface area contributed by atoms with Gasteiger partial charge in [-0.05, 0) is 43.9 Å². The highest BCUT2D eigenvalue weighted by Crippen LogP contribution is 2.17. The largest absolute Gasteiger partial charge is 0.376 e. The summed E-state index contributed by atoms with van der Waals surface area (Å²) >= 11 is 0. The van der Waals surface area contributed by atoms with Gasteiger partial charge in [0.1, 0.15) is 0 Å². The number of anilines is 1. The van der Waals surface area contributed by atoms with E-state index in [1.807, 2.05) is 12.1 Å². The highest BCUT2D eigenvalue weighted by Gasteiger charge is 2.17. The Bertz CT molecular complexity index is 608. The van der Waals surface area contributed by atoms with Gasteiger partial charge < -0.3 is 20.7 Å². The summed E-state index contributed by atoms with van der Waals surface area (Å²) in [5.74, 6) is -0.110. The Morgan fingerprint density at radius 1 is 1.08 bits per heavy atom. The van der Waals surface area contributed by atoms with Gasteiger partial charge in [0.15, 0.2) is 0 Å². The van der Waals surface area contributed by atoms with E-state index in [2.05, 4.69) is 16.0 Å². The van der Waals surface area contributed by atoms with Crippen LogP contribution in [0.1, 0.15) is 55.3 Å². The van der Waals surface area contributed by atoms with Gasteiger partial charge in [0.2, 0.25) is 5.91 Å². The third kappa shape index (κ3) is 5.73. The summed E-state index contributed by atoms with van der Waals surface area (Å²) in [6, 6.07) is 7.55. The van der Waals surface area contributed by atoms with Crippen LogP contribution in [0.3, 0.4) is 0 Å². The van der Waals surface area contributed by atoms with Gasteiger partial charge in [-0.15, -0.1) is 0 Å². The molecule has 0 bridgehead atoms. The van der Waals surface area contributed by atoms with Gasteiger partial charge in [0.05, 0.1) is 12.6 Å². The van der Waals surface area contributed by atoms with E-state index in [1.165, 1.54) is 19.3 Å². The molecule has 1 aliphatic heterocycles. The number of benzene rings is 1. The number of hydrogen-bond donors (Lipinski definition) is 3. The fourth-order valence-electron chi connectivity index (χ4n) is 3.59. The van der Waals surface area contributed by atoms with Crippen molar-refractivity contribution in [2.45, 2.75) is 57.1 Å². The Balaban J connectivity index is 1.43. The molecule has 0 aromatic heterocycles. The van der Waals surface area contributed by atoms with Gasteiger partial charge in [0.25, 0.3) is 5.91 Å². The SMILES string of the molecule is O=C(CNc1cccc(C(=O)NCC2CCCO2)c1)NC1CCCCC1. The normalized spacial score (nSPS) is 20.5. The smallest absolute Gasteiger partial charge is 0.251 e. The van der Waals surface area contributed by atoms with Gasteiger partial charge in [-0.3, -0.25) is 9.59 Å². The molecule has 2 amide bonds. The zero-order chi connectivity index (χ0) is 18.2. The maximum absolute atomic E-state index is 12.3. The van der Waals surface area contributed by atoms with E-state index < -0.39 is 0 Å². The Morgan fingerprint density at radius 3 is 2.69 bits per heavy atom. The molecule has 2 aliphatic rings. The summed E-state index contributed by atoms with van der Waals surface area (Å²) in [4.78, 5) is 24.4. The lowest BCUT2D eigenvalue weighted by molar-refractivity contribution is -0.120. The molecule has 3 N–H and O–H groups in total. The summed E-state index contributed by atoms with van der Waals surface area (Å²) in [5, 5.41) is 9.11. The predicted octanol–water partition coefficient (Wildman–Crippen LogP) is 2.46. The summed E-state index contributed by atoms with van der Waals surface area (Å²) < 4.78 is 5.52. The lowest BCUT2D eigenvalue weighted by atomic mass is 9.95. The van der Waals surface area contributed by atoms with Crippen LogP contribution in [-0.2, 0) is 9.53 Å². The van der Waals surface area contributed by atoms with E-state index >= 15 is 0 Å².